The average molecular weight is 445 g/mol. The molecular formula is C26H28N4O3. The summed E-state index contributed by atoms with van der Waals surface area (Å²) >= 11 is 0. The number of anilines is 1. The van der Waals surface area contributed by atoms with E-state index < -0.39 is 0 Å². The van der Waals surface area contributed by atoms with E-state index in [1.807, 2.05) is 66.4 Å². The summed E-state index contributed by atoms with van der Waals surface area (Å²) in [6.07, 6.45) is 3.37. The molecule has 1 aliphatic rings. The van der Waals surface area contributed by atoms with Gasteiger partial charge in [-0.05, 0) is 31.2 Å². The molecule has 4 rings (SSSR count). The predicted octanol–water partition coefficient (Wildman–Crippen LogP) is 3.83. The van der Waals surface area contributed by atoms with Crippen LogP contribution in [0.1, 0.15) is 11.4 Å². The largest absolute Gasteiger partial charge is 0.497 e. The van der Waals surface area contributed by atoms with Gasteiger partial charge in [-0.15, -0.1) is 0 Å². The van der Waals surface area contributed by atoms with Crippen molar-refractivity contribution in [3.05, 3.63) is 72.1 Å². The Labute approximate surface area is 194 Å². The number of benzene rings is 2. The van der Waals surface area contributed by atoms with Crippen LogP contribution in [0.3, 0.4) is 0 Å². The third-order valence-electron chi connectivity index (χ3n) is 5.65. The highest BCUT2D eigenvalue weighted by Gasteiger charge is 2.21. The fraction of sp³-hybridized carbons (Fsp3) is 0.269. The molecule has 1 aliphatic heterocycles. The Morgan fingerprint density at radius 3 is 2.39 bits per heavy atom. The number of piperazine rings is 1. The molecule has 1 fully saturated rings. The molecule has 2 aromatic carbocycles. The van der Waals surface area contributed by atoms with Crippen LogP contribution in [0.2, 0.25) is 0 Å². The Hall–Kier alpha value is -3.87. The van der Waals surface area contributed by atoms with Crippen molar-refractivity contribution in [3.63, 3.8) is 0 Å². The van der Waals surface area contributed by atoms with Gasteiger partial charge in [0.1, 0.15) is 23.1 Å². The summed E-state index contributed by atoms with van der Waals surface area (Å²) < 4.78 is 10.7. The van der Waals surface area contributed by atoms with Crippen LogP contribution in [0.15, 0.2) is 60.7 Å². The monoisotopic (exact) mass is 444 g/mol. The normalized spacial score (nSPS) is 13.9. The minimum Gasteiger partial charge on any atom is -0.497 e. The first-order valence-electron chi connectivity index (χ1n) is 10.9. The molecule has 3 aromatic rings. The molecule has 0 unspecified atom stereocenters. The minimum absolute atomic E-state index is 0.0247. The van der Waals surface area contributed by atoms with Gasteiger partial charge in [0.05, 0.1) is 19.9 Å². The van der Waals surface area contributed by atoms with Crippen molar-refractivity contribution >= 4 is 17.8 Å². The first-order chi connectivity index (χ1) is 16.1. The molecule has 0 radical (unpaired) electrons. The Morgan fingerprint density at radius 1 is 0.939 bits per heavy atom. The number of carbonyl (C=O) groups excluding carboxylic acids is 1. The zero-order valence-electron chi connectivity index (χ0n) is 19.2. The van der Waals surface area contributed by atoms with Gasteiger partial charge in [0.25, 0.3) is 0 Å². The SMILES string of the molecule is COc1ccc(OC)c(/C=C/C(=O)N2CCN(c3cc(-c4ccccc4)nc(C)n3)CC2)c1. The van der Waals surface area contributed by atoms with Gasteiger partial charge in [-0.1, -0.05) is 30.3 Å². The lowest BCUT2D eigenvalue weighted by Crippen LogP contribution is -2.48. The summed E-state index contributed by atoms with van der Waals surface area (Å²) in [7, 11) is 3.22. The van der Waals surface area contributed by atoms with Crippen LogP contribution in [0.4, 0.5) is 5.82 Å². The lowest BCUT2D eigenvalue weighted by molar-refractivity contribution is -0.126. The van der Waals surface area contributed by atoms with Crippen molar-refractivity contribution in [1.82, 2.24) is 14.9 Å². The van der Waals surface area contributed by atoms with E-state index in [1.165, 1.54) is 0 Å². The summed E-state index contributed by atoms with van der Waals surface area (Å²) in [5.74, 6) is 3.01. The molecule has 0 saturated carbocycles. The van der Waals surface area contributed by atoms with Crippen LogP contribution in [0, 0.1) is 6.92 Å². The fourth-order valence-electron chi connectivity index (χ4n) is 3.86. The number of hydrogen-bond donors (Lipinski definition) is 0. The van der Waals surface area contributed by atoms with E-state index in [0.29, 0.717) is 37.7 Å². The number of rotatable bonds is 6. The third-order valence-corrected chi connectivity index (χ3v) is 5.65. The lowest BCUT2D eigenvalue weighted by Gasteiger charge is -2.35. The van der Waals surface area contributed by atoms with E-state index in [9.17, 15) is 4.79 Å². The zero-order chi connectivity index (χ0) is 23.2. The van der Waals surface area contributed by atoms with Gasteiger partial charge in [0.15, 0.2) is 0 Å². The van der Waals surface area contributed by atoms with E-state index in [2.05, 4.69) is 14.9 Å². The van der Waals surface area contributed by atoms with E-state index >= 15 is 0 Å². The number of carbonyl (C=O) groups is 1. The Kier molecular flexibility index (Phi) is 6.88. The van der Waals surface area contributed by atoms with Gasteiger partial charge in [-0.2, -0.15) is 0 Å². The number of amides is 1. The van der Waals surface area contributed by atoms with E-state index in [4.69, 9.17) is 9.47 Å². The second-order valence-electron chi connectivity index (χ2n) is 7.78. The molecular weight excluding hydrogens is 416 g/mol. The lowest BCUT2D eigenvalue weighted by atomic mass is 10.1. The molecule has 1 aromatic heterocycles. The number of aryl methyl sites for hydroxylation is 1. The second kappa shape index (κ2) is 10.2. The highest BCUT2D eigenvalue weighted by atomic mass is 16.5. The summed E-state index contributed by atoms with van der Waals surface area (Å²) in [6, 6.07) is 17.6. The summed E-state index contributed by atoms with van der Waals surface area (Å²) in [4.78, 5) is 26.1. The van der Waals surface area contributed by atoms with Gasteiger partial charge in [-0.25, -0.2) is 9.97 Å². The molecule has 170 valence electrons. The molecule has 7 heteroatoms. The maximum atomic E-state index is 12.8. The minimum atomic E-state index is -0.0247. The highest BCUT2D eigenvalue weighted by molar-refractivity contribution is 5.92. The Bertz CT molecular complexity index is 1140. The van der Waals surface area contributed by atoms with Gasteiger partial charge in [0, 0.05) is 49.4 Å². The number of aromatic nitrogens is 2. The first-order valence-corrected chi connectivity index (χ1v) is 10.9. The highest BCUT2D eigenvalue weighted by Crippen LogP contribution is 2.26. The van der Waals surface area contributed by atoms with Gasteiger partial charge in [0.2, 0.25) is 5.91 Å². The summed E-state index contributed by atoms with van der Waals surface area (Å²) in [5.41, 5.74) is 2.77. The zero-order valence-corrected chi connectivity index (χ0v) is 19.2. The molecule has 33 heavy (non-hydrogen) atoms. The molecule has 7 nitrogen and oxygen atoms in total. The molecule has 0 N–H and O–H groups in total. The molecule has 0 bridgehead atoms. The van der Waals surface area contributed by atoms with Crippen molar-refractivity contribution in [3.8, 4) is 22.8 Å². The van der Waals surface area contributed by atoms with Crippen molar-refractivity contribution in [2.24, 2.45) is 0 Å². The second-order valence-corrected chi connectivity index (χ2v) is 7.78. The average Bonchev–Trinajstić information content (AvgIpc) is 2.87. The number of methoxy groups -OCH3 is 2. The van der Waals surface area contributed by atoms with Gasteiger partial charge >= 0.3 is 0 Å². The van der Waals surface area contributed by atoms with Crippen LogP contribution in [0.25, 0.3) is 17.3 Å². The Balaban J connectivity index is 1.42. The topological polar surface area (TPSA) is 67.8 Å². The first kappa shape index (κ1) is 22.3. The predicted molar refractivity (Wildman–Crippen MR) is 130 cm³/mol. The van der Waals surface area contributed by atoms with Crippen molar-refractivity contribution in [1.29, 1.82) is 0 Å². The number of hydrogen-bond acceptors (Lipinski definition) is 6. The number of ether oxygens (including phenoxy) is 2. The number of nitrogens with zero attached hydrogens (tertiary/aromatic N) is 4. The van der Waals surface area contributed by atoms with Crippen molar-refractivity contribution in [2.45, 2.75) is 6.92 Å². The molecule has 2 heterocycles. The third kappa shape index (κ3) is 5.31. The Morgan fingerprint density at radius 2 is 1.70 bits per heavy atom. The summed E-state index contributed by atoms with van der Waals surface area (Å²) in [6.45, 7) is 4.59. The molecule has 0 atom stereocenters. The van der Waals surface area contributed by atoms with Gasteiger partial charge < -0.3 is 19.3 Å². The maximum absolute atomic E-state index is 12.8. The van der Waals surface area contributed by atoms with Crippen LogP contribution >= 0.6 is 0 Å². The van der Waals surface area contributed by atoms with E-state index in [-0.39, 0.29) is 5.91 Å². The van der Waals surface area contributed by atoms with Crippen LogP contribution in [0.5, 0.6) is 11.5 Å². The quantitative estimate of drug-likeness (QED) is 0.539. The summed E-state index contributed by atoms with van der Waals surface area (Å²) in [5, 5.41) is 0. The molecule has 0 spiro atoms. The molecule has 1 saturated heterocycles. The van der Waals surface area contributed by atoms with E-state index in [1.54, 1.807) is 26.4 Å². The standard InChI is InChI=1S/C26H28N4O3/c1-19-27-23(20-7-5-4-6-8-20)18-25(28-19)29-13-15-30(16-14-29)26(31)12-9-21-17-22(32-2)10-11-24(21)33-3/h4-12,17-18H,13-16H2,1-3H3/b12-9+. The van der Waals surface area contributed by atoms with Crippen LogP contribution < -0.4 is 14.4 Å². The van der Waals surface area contributed by atoms with Crippen LogP contribution in [-0.4, -0.2) is 61.2 Å². The van der Waals surface area contributed by atoms with Gasteiger partial charge in [-0.3, -0.25) is 4.79 Å². The fourth-order valence-corrected chi connectivity index (χ4v) is 3.86. The maximum Gasteiger partial charge on any atom is 0.246 e. The smallest absolute Gasteiger partial charge is 0.246 e. The van der Waals surface area contributed by atoms with Crippen LogP contribution in [-0.2, 0) is 4.79 Å². The molecule has 1 amide bonds. The van der Waals surface area contributed by atoms with Crippen molar-refractivity contribution in [2.75, 3.05) is 45.3 Å². The van der Waals surface area contributed by atoms with E-state index in [0.717, 1.165) is 28.5 Å². The molecule has 0 aliphatic carbocycles. The van der Waals surface area contributed by atoms with Crippen molar-refractivity contribution < 1.29 is 14.3 Å².